The smallest absolute Gasteiger partial charge is 0.287 e. The molecule has 0 atom stereocenters. The Bertz CT molecular complexity index is 567. The van der Waals surface area contributed by atoms with Crippen LogP contribution < -0.4 is 5.32 Å². The molecular weight excluding hydrogens is 318 g/mol. The number of amides is 1. The van der Waals surface area contributed by atoms with Gasteiger partial charge < -0.3 is 14.5 Å². The van der Waals surface area contributed by atoms with E-state index in [-0.39, 0.29) is 16.4 Å². The Kier molecular flexibility index (Phi) is 7.21. The Morgan fingerprint density at radius 1 is 1.38 bits per heavy atom. The summed E-state index contributed by atoms with van der Waals surface area (Å²) in [4.78, 5) is 11.6. The van der Waals surface area contributed by atoms with Gasteiger partial charge in [-0.15, -0.1) is 0 Å². The fraction of sp³-hybridized carbons (Fsp3) is 0.615. The first-order valence-corrected chi connectivity index (χ1v) is 9.08. The standard InChI is InChI=1S/C13H20ClNO5S/c1-3-4-7-19-8-5-6-15-13(16)11-9-12(10(2)20-11)21(14,17)18/h9H,3-8H2,1-2H3,(H,15,16). The molecule has 0 fully saturated rings. The highest BCUT2D eigenvalue weighted by Crippen LogP contribution is 2.23. The minimum atomic E-state index is -3.91. The van der Waals surface area contributed by atoms with Crippen molar-refractivity contribution in [3.8, 4) is 0 Å². The highest BCUT2D eigenvalue weighted by molar-refractivity contribution is 8.13. The van der Waals surface area contributed by atoms with Gasteiger partial charge in [-0.25, -0.2) is 8.42 Å². The van der Waals surface area contributed by atoms with Crippen molar-refractivity contribution in [1.29, 1.82) is 0 Å². The molecule has 0 saturated carbocycles. The minimum absolute atomic E-state index is 0.0707. The zero-order chi connectivity index (χ0) is 15.9. The number of aryl methyl sites for hydroxylation is 1. The molecule has 1 N–H and O–H groups in total. The number of unbranched alkanes of at least 4 members (excludes halogenated alkanes) is 1. The molecule has 6 nitrogen and oxygen atoms in total. The summed E-state index contributed by atoms with van der Waals surface area (Å²) in [6.07, 6.45) is 2.78. The second-order valence-electron chi connectivity index (χ2n) is 4.54. The second kappa shape index (κ2) is 8.41. The van der Waals surface area contributed by atoms with Gasteiger partial charge in [-0.1, -0.05) is 13.3 Å². The van der Waals surface area contributed by atoms with E-state index in [0.717, 1.165) is 25.5 Å². The van der Waals surface area contributed by atoms with E-state index in [1.54, 1.807) is 0 Å². The van der Waals surface area contributed by atoms with Gasteiger partial charge in [-0.05, 0) is 19.8 Å². The van der Waals surface area contributed by atoms with E-state index in [2.05, 4.69) is 12.2 Å². The number of ether oxygens (including phenoxy) is 1. The van der Waals surface area contributed by atoms with Crippen LogP contribution in [0, 0.1) is 6.92 Å². The van der Waals surface area contributed by atoms with E-state index in [0.29, 0.717) is 19.6 Å². The molecule has 1 aromatic heterocycles. The number of rotatable bonds is 9. The Balaban J connectivity index is 2.40. The quantitative estimate of drug-likeness (QED) is 0.552. The summed E-state index contributed by atoms with van der Waals surface area (Å²) in [6, 6.07) is 1.13. The van der Waals surface area contributed by atoms with Crippen LogP contribution in [0.1, 0.15) is 42.5 Å². The van der Waals surface area contributed by atoms with Gasteiger partial charge >= 0.3 is 0 Å². The largest absolute Gasteiger partial charge is 0.455 e. The average Bonchev–Trinajstić information content (AvgIpc) is 2.79. The summed E-state index contributed by atoms with van der Waals surface area (Å²) in [7, 11) is 1.33. The molecule has 0 aromatic carbocycles. The van der Waals surface area contributed by atoms with Crippen molar-refractivity contribution in [2.24, 2.45) is 0 Å². The number of furan rings is 1. The fourth-order valence-electron chi connectivity index (χ4n) is 1.63. The van der Waals surface area contributed by atoms with Crippen LogP contribution in [0.4, 0.5) is 0 Å². The van der Waals surface area contributed by atoms with Crippen LogP contribution in [0.2, 0.25) is 0 Å². The normalized spacial score (nSPS) is 11.6. The number of carbonyl (C=O) groups is 1. The predicted octanol–water partition coefficient (Wildman–Crippen LogP) is 2.45. The molecule has 1 aromatic rings. The Morgan fingerprint density at radius 2 is 2.05 bits per heavy atom. The summed E-state index contributed by atoms with van der Waals surface area (Å²) < 4.78 is 32.9. The molecular formula is C13H20ClNO5S. The fourth-order valence-corrected chi connectivity index (χ4v) is 2.72. The summed E-state index contributed by atoms with van der Waals surface area (Å²) in [5, 5.41) is 2.63. The van der Waals surface area contributed by atoms with Gasteiger partial charge in [0.25, 0.3) is 15.0 Å². The van der Waals surface area contributed by atoms with E-state index in [9.17, 15) is 13.2 Å². The molecule has 1 heterocycles. The van der Waals surface area contributed by atoms with E-state index in [1.165, 1.54) is 6.92 Å². The van der Waals surface area contributed by atoms with E-state index < -0.39 is 15.0 Å². The van der Waals surface area contributed by atoms with Gasteiger partial charge in [0, 0.05) is 36.5 Å². The van der Waals surface area contributed by atoms with E-state index in [4.69, 9.17) is 19.8 Å². The lowest BCUT2D eigenvalue weighted by Gasteiger charge is -2.04. The van der Waals surface area contributed by atoms with Gasteiger partial charge in [-0.3, -0.25) is 4.79 Å². The van der Waals surface area contributed by atoms with Crippen molar-refractivity contribution >= 4 is 25.6 Å². The van der Waals surface area contributed by atoms with E-state index in [1.807, 2.05) is 0 Å². The number of carbonyl (C=O) groups excluding carboxylic acids is 1. The lowest BCUT2D eigenvalue weighted by Crippen LogP contribution is -2.24. The molecule has 0 bridgehead atoms. The van der Waals surface area contributed by atoms with Crippen molar-refractivity contribution < 1.29 is 22.4 Å². The minimum Gasteiger partial charge on any atom is -0.455 e. The molecule has 0 aliphatic rings. The zero-order valence-corrected chi connectivity index (χ0v) is 13.7. The summed E-state index contributed by atoms with van der Waals surface area (Å²) in [6.45, 7) is 5.24. The van der Waals surface area contributed by atoms with Crippen LogP contribution in [0.5, 0.6) is 0 Å². The van der Waals surface area contributed by atoms with Crippen LogP contribution in [0.3, 0.4) is 0 Å². The van der Waals surface area contributed by atoms with Gasteiger partial charge in [0.05, 0.1) is 0 Å². The third kappa shape index (κ3) is 6.07. The summed E-state index contributed by atoms with van der Waals surface area (Å²) in [5.74, 6) is -0.449. The second-order valence-corrected chi connectivity index (χ2v) is 7.08. The third-order valence-electron chi connectivity index (χ3n) is 2.75. The lowest BCUT2D eigenvalue weighted by atomic mass is 10.3. The molecule has 8 heteroatoms. The zero-order valence-electron chi connectivity index (χ0n) is 12.1. The van der Waals surface area contributed by atoms with Crippen LogP contribution in [-0.2, 0) is 13.8 Å². The molecule has 0 aliphatic carbocycles. The predicted molar refractivity (Wildman–Crippen MR) is 79.2 cm³/mol. The van der Waals surface area contributed by atoms with Crippen LogP contribution >= 0.6 is 10.7 Å². The van der Waals surface area contributed by atoms with Crippen LogP contribution in [0.25, 0.3) is 0 Å². The maximum absolute atomic E-state index is 11.8. The van der Waals surface area contributed by atoms with Crippen LogP contribution in [0.15, 0.2) is 15.4 Å². The SMILES string of the molecule is CCCCOCCCNC(=O)c1cc(S(=O)(=O)Cl)c(C)o1. The van der Waals surface area contributed by atoms with Crippen molar-refractivity contribution in [3.63, 3.8) is 0 Å². The van der Waals surface area contributed by atoms with Crippen molar-refractivity contribution in [2.75, 3.05) is 19.8 Å². The Hall–Kier alpha value is -1.05. The third-order valence-corrected chi connectivity index (χ3v) is 4.18. The van der Waals surface area contributed by atoms with E-state index >= 15 is 0 Å². The van der Waals surface area contributed by atoms with Crippen molar-refractivity contribution in [2.45, 2.75) is 38.0 Å². The number of hydrogen-bond acceptors (Lipinski definition) is 5. The van der Waals surface area contributed by atoms with Gasteiger partial charge in [0.1, 0.15) is 10.7 Å². The Labute approximate surface area is 129 Å². The maximum Gasteiger partial charge on any atom is 0.287 e. The molecule has 0 unspecified atom stereocenters. The van der Waals surface area contributed by atoms with Gasteiger partial charge in [0.2, 0.25) is 0 Å². The maximum atomic E-state index is 11.8. The molecule has 21 heavy (non-hydrogen) atoms. The first kappa shape index (κ1) is 18.0. The first-order chi connectivity index (χ1) is 9.86. The number of halogens is 1. The summed E-state index contributed by atoms with van der Waals surface area (Å²) in [5.41, 5.74) is 0. The number of nitrogens with one attached hydrogen (secondary N) is 1. The first-order valence-electron chi connectivity index (χ1n) is 6.77. The highest BCUT2D eigenvalue weighted by Gasteiger charge is 2.21. The lowest BCUT2D eigenvalue weighted by molar-refractivity contribution is 0.0912. The molecule has 0 radical (unpaired) electrons. The van der Waals surface area contributed by atoms with Crippen molar-refractivity contribution in [3.05, 3.63) is 17.6 Å². The number of hydrogen-bond donors (Lipinski definition) is 1. The van der Waals surface area contributed by atoms with Crippen LogP contribution in [-0.4, -0.2) is 34.1 Å². The molecule has 120 valence electrons. The topological polar surface area (TPSA) is 85.6 Å². The molecule has 0 aliphatic heterocycles. The molecule has 0 spiro atoms. The van der Waals surface area contributed by atoms with Gasteiger partial charge in [0.15, 0.2) is 5.76 Å². The van der Waals surface area contributed by atoms with Gasteiger partial charge in [-0.2, -0.15) is 0 Å². The average molecular weight is 338 g/mol. The van der Waals surface area contributed by atoms with Crippen molar-refractivity contribution in [1.82, 2.24) is 5.32 Å². The molecule has 0 saturated heterocycles. The highest BCUT2D eigenvalue weighted by atomic mass is 35.7. The Morgan fingerprint density at radius 3 is 2.62 bits per heavy atom. The molecule has 1 amide bonds. The molecule has 1 rings (SSSR count). The monoisotopic (exact) mass is 337 g/mol. The summed E-state index contributed by atoms with van der Waals surface area (Å²) >= 11 is 0.